The molecule has 0 radical (unpaired) electrons. The minimum absolute atomic E-state index is 0.110. The van der Waals surface area contributed by atoms with Gasteiger partial charge in [0, 0.05) is 23.5 Å². The molecule has 40 heavy (non-hydrogen) atoms. The van der Waals surface area contributed by atoms with E-state index >= 15 is 0 Å². The van der Waals surface area contributed by atoms with Crippen LogP contribution in [0.15, 0.2) is 81.7 Å². The minimum atomic E-state index is -0.675. The lowest BCUT2D eigenvalue weighted by molar-refractivity contribution is -0.143. The fourth-order valence-corrected chi connectivity index (χ4v) is 6.10. The van der Waals surface area contributed by atoms with Gasteiger partial charge in [0.1, 0.15) is 11.8 Å². The van der Waals surface area contributed by atoms with E-state index in [0.717, 1.165) is 45.8 Å². The molecule has 5 nitrogen and oxygen atoms in total. The van der Waals surface area contributed by atoms with E-state index in [9.17, 15) is 9.59 Å². The van der Waals surface area contributed by atoms with Gasteiger partial charge in [-0.15, -0.1) is 0 Å². The molecule has 3 aromatic carbocycles. The Labute approximate surface area is 254 Å². The number of carbonyl (C=O) groups is 2. The molecule has 0 heterocycles. The second kappa shape index (κ2) is 14.8. The van der Waals surface area contributed by atoms with Crippen molar-refractivity contribution < 1.29 is 14.3 Å². The molecule has 0 spiro atoms. The Morgan fingerprint density at radius 2 is 1.65 bits per heavy atom. The summed E-state index contributed by atoms with van der Waals surface area (Å²) in [6, 6.07) is 23.2. The summed E-state index contributed by atoms with van der Waals surface area (Å²) in [4.78, 5) is 29.5. The molecule has 4 rings (SSSR count). The summed E-state index contributed by atoms with van der Waals surface area (Å²) in [6.45, 7) is 4.40. The first kappa shape index (κ1) is 30.3. The van der Waals surface area contributed by atoms with Crippen LogP contribution in [0.1, 0.15) is 68.6 Å². The average Bonchev–Trinajstić information content (AvgIpc) is 2.95. The van der Waals surface area contributed by atoms with Gasteiger partial charge in [0.05, 0.1) is 4.47 Å². The van der Waals surface area contributed by atoms with Crippen molar-refractivity contribution in [2.45, 2.75) is 76.9 Å². The van der Waals surface area contributed by atoms with Gasteiger partial charge < -0.3 is 15.0 Å². The Hall–Kier alpha value is -2.64. The van der Waals surface area contributed by atoms with E-state index in [1.165, 1.54) is 12.0 Å². The molecule has 3 aromatic rings. The van der Waals surface area contributed by atoms with Crippen molar-refractivity contribution >= 4 is 43.7 Å². The van der Waals surface area contributed by atoms with Gasteiger partial charge in [0.2, 0.25) is 5.91 Å². The fraction of sp³-hybridized carbons (Fsp3) is 0.394. The van der Waals surface area contributed by atoms with E-state index in [0.29, 0.717) is 24.6 Å². The summed E-state index contributed by atoms with van der Waals surface area (Å²) in [7, 11) is 0. The van der Waals surface area contributed by atoms with Crippen molar-refractivity contribution in [1.82, 2.24) is 10.2 Å². The number of hydrogen-bond donors (Lipinski definition) is 1. The van der Waals surface area contributed by atoms with E-state index < -0.39 is 6.04 Å². The highest BCUT2D eigenvalue weighted by molar-refractivity contribution is 9.10. The number of ether oxygens (including phenoxy) is 1. The topological polar surface area (TPSA) is 58.6 Å². The van der Waals surface area contributed by atoms with E-state index in [4.69, 9.17) is 4.74 Å². The molecule has 0 aliphatic heterocycles. The Bertz CT molecular complexity index is 1280. The summed E-state index contributed by atoms with van der Waals surface area (Å²) >= 11 is 7.14. The van der Waals surface area contributed by atoms with Gasteiger partial charge in [0.15, 0.2) is 6.61 Å². The Morgan fingerprint density at radius 1 is 0.925 bits per heavy atom. The van der Waals surface area contributed by atoms with E-state index in [1.807, 2.05) is 72.8 Å². The summed E-state index contributed by atoms with van der Waals surface area (Å²) in [5.41, 5.74) is 3.13. The lowest BCUT2D eigenvalue weighted by Crippen LogP contribution is -2.53. The number of benzene rings is 3. The molecular weight excluding hydrogens is 632 g/mol. The molecular formula is C33H38Br2N2O3. The predicted molar refractivity (Wildman–Crippen MR) is 167 cm³/mol. The zero-order chi connectivity index (χ0) is 28.5. The van der Waals surface area contributed by atoms with Crippen molar-refractivity contribution in [3.8, 4) is 5.75 Å². The summed E-state index contributed by atoms with van der Waals surface area (Å²) in [6.07, 6.45) is 5.82. The van der Waals surface area contributed by atoms with Crippen LogP contribution in [0.3, 0.4) is 0 Å². The molecule has 0 saturated heterocycles. The Morgan fingerprint density at radius 3 is 2.33 bits per heavy atom. The van der Waals surface area contributed by atoms with Crippen LogP contribution in [0.4, 0.5) is 0 Å². The fourth-order valence-electron chi connectivity index (χ4n) is 5.15. The predicted octanol–water partition coefficient (Wildman–Crippen LogP) is 7.80. The molecule has 7 heteroatoms. The molecule has 0 bridgehead atoms. The lowest BCUT2D eigenvalue weighted by Gasteiger charge is -2.33. The van der Waals surface area contributed by atoms with E-state index in [-0.39, 0.29) is 24.5 Å². The van der Waals surface area contributed by atoms with Gasteiger partial charge in [0.25, 0.3) is 5.91 Å². The number of hydrogen-bond acceptors (Lipinski definition) is 3. The van der Waals surface area contributed by atoms with Crippen molar-refractivity contribution in [3.05, 3.63) is 98.4 Å². The first-order valence-electron chi connectivity index (χ1n) is 14.1. The second-order valence-electron chi connectivity index (χ2n) is 10.8. The van der Waals surface area contributed by atoms with Crippen LogP contribution in [-0.2, 0) is 22.6 Å². The molecule has 1 aliphatic rings. The number of amides is 2. The molecule has 0 aromatic heterocycles. The van der Waals surface area contributed by atoms with Crippen molar-refractivity contribution in [3.63, 3.8) is 0 Å². The van der Waals surface area contributed by atoms with Gasteiger partial charge in [-0.05, 0) is 75.6 Å². The molecule has 1 N–H and O–H groups in total. The standard InChI is InChI=1S/C33H38Br2N2O3/c1-23(2)26-16-17-31(29(35)20-26)40-22-32(38)37(21-25-12-9-13-27(34)18-25)30(19-24-10-5-3-6-11-24)33(39)36-28-14-7-4-8-15-28/h3,5-6,9-13,16-18,20,23,28,30H,4,7-8,14-15,19,21-22H2,1-2H3,(H,36,39)/t30-/m1/s1. The lowest BCUT2D eigenvalue weighted by atomic mass is 9.94. The largest absolute Gasteiger partial charge is 0.483 e. The highest BCUT2D eigenvalue weighted by Gasteiger charge is 2.32. The zero-order valence-corrected chi connectivity index (χ0v) is 26.4. The van der Waals surface area contributed by atoms with Gasteiger partial charge >= 0.3 is 0 Å². The van der Waals surface area contributed by atoms with Crippen molar-refractivity contribution in [1.29, 1.82) is 0 Å². The van der Waals surface area contributed by atoms with Crippen LogP contribution in [0, 0.1) is 0 Å². The Kier molecular flexibility index (Phi) is 11.2. The summed E-state index contributed by atoms with van der Waals surface area (Å²) < 4.78 is 7.76. The highest BCUT2D eigenvalue weighted by atomic mass is 79.9. The number of nitrogens with zero attached hydrogens (tertiary/aromatic N) is 1. The highest BCUT2D eigenvalue weighted by Crippen LogP contribution is 2.29. The van der Waals surface area contributed by atoms with Crippen LogP contribution in [0.25, 0.3) is 0 Å². The molecule has 1 aliphatic carbocycles. The van der Waals surface area contributed by atoms with Crippen LogP contribution in [0.5, 0.6) is 5.75 Å². The van der Waals surface area contributed by atoms with Crippen LogP contribution < -0.4 is 10.1 Å². The maximum Gasteiger partial charge on any atom is 0.261 e. The number of halogens is 2. The quantitative estimate of drug-likeness (QED) is 0.227. The van der Waals surface area contributed by atoms with Gasteiger partial charge in [-0.3, -0.25) is 9.59 Å². The SMILES string of the molecule is CC(C)c1ccc(OCC(=O)N(Cc2cccc(Br)c2)[C@H](Cc2ccccc2)C(=O)NC2CCCCC2)c(Br)c1. The van der Waals surface area contributed by atoms with Gasteiger partial charge in [-0.25, -0.2) is 0 Å². The smallest absolute Gasteiger partial charge is 0.261 e. The van der Waals surface area contributed by atoms with Crippen LogP contribution in [0.2, 0.25) is 0 Å². The molecule has 1 atom stereocenters. The number of nitrogens with one attached hydrogen (secondary N) is 1. The third-order valence-electron chi connectivity index (χ3n) is 7.44. The first-order valence-corrected chi connectivity index (χ1v) is 15.7. The average molecular weight is 670 g/mol. The monoisotopic (exact) mass is 668 g/mol. The van der Waals surface area contributed by atoms with Crippen LogP contribution >= 0.6 is 31.9 Å². The van der Waals surface area contributed by atoms with Gasteiger partial charge in [-0.1, -0.05) is 97.6 Å². The summed E-state index contributed by atoms with van der Waals surface area (Å²) in [5.74, 6) is 0.640. The first-order chi connectivity index (χ1) is 19.3. The number of carbonyl (C=O) groups excluding carboxylic acids is 2. The van der Waals surface area contributed by atoms with Gasteiger partial charge in [-0.2, -0.15) is 0 Å². The van der Waals surface area contributed by atoms with Crippen molar-refractivity contribution in [2.75, 3.05) is 6.61 Å². The van der Waals surface area contributed by atoms with Crippen molar-refractivity contribution in [2.24, 2.45) is 0 Å². The molecule has 1 fully saturated rings. The normalized spacial score (nSPS) is 14.5. The third kappa shape index (κ3) is 8.68. The Balaban J connectivity index is 1.61. The molecule has 2 amide bonds. The number of rotatable bonds is 11. The van der Waals surface area contributed by atoms with E-state index in [2.05, 4.69) is 51.0 Å². The maximum atomic E-state index is 13.9. The van der Waals surface area contributed by atoms with Crippen LogP contribution in [-0.4, -0.2) is 35.4 Å². The maximum absolute atomic E-state index is 13.9. The molecule has 212 valence electrons. The zero-order valence-electron chi connectivity index (χ0n) is 23.2. The molecule has 0 unspecified atom stereocenters. The molecule has 1 saturated carbocycles. The third-order valence-corrected chi connectivity index (χ3v) is 8.55. The van der Waals surface area contributed by atoms with E-state index in [1.54, 1.807) is 4.90 Å². The summed E-state index contributed by atoms with van der Waals surface area (Å²) in [5, 5.41) is 3.28. The minimum Gasteiger partial charge on any atom is -0.483 e. The second-order valence-corrected chi connectivity index (χ2v) is 12.6.